The number of rotatable bonds is 3. The summed E-state index contributed by atoms with van der Waals surface area (Å²) in [4.78, 5) is 4.48. The second-order valence-electron chi connectivity index (χ2n) is 3.85. The van der Waals surface area contributed by atoms with Crippen LogP contribution >= 0.6 is 0 Å². The Bertz CT molecular complexity index is 553. The van der Waals surface area contributed by atoms with Crippen molar-refractivity contribution in [3.63, 3.8) is 0 Å². The summed E-state index contributed by atoms with van der Waals surface area (Å²) < 4.78 is 10.5. The highest BCUT2D eigenvalue weighted by Gasteiger charge is 2.09. The molecule has 1 aromatic carbocycles. The minimum absolute atomic E-state index is 0.481. The van der Waals surface area contributed by atoms with Gasteiger partial charge in [0.2, 0.25) is 0 Å². The van der Waals surface area contributed by atoms with Gasteiger partial charge in [-0.3, -0.25) is 4.98 Å². The van der Waals surface area contributed by atoms with Crippen molar-refractivity contribution >= 4 is 10.9 Å². The van der Waals surface area contributed by atoms with Gasteiger partial charge in [0.05, 0.1) is 19.7 Å². The summed E-state index contributed by atoms with van der Waals surface area (Å²) in [6.07, 6.45) is 0. The van der Waals surface area contributed by atoms with Gasteiger partial charge >= 0.3 is 0 Å². The number of pyridine rings is 1. The fourth-order valence-corrected chi connectivity index (χ4v) is 1.94. The number of nitrogens with two attached hydrogens (primary N) is 1. The molecular weight excluding hydrogens is 216 g/mol. The largest absolute Gasteiger partial charge is 0.493 e. The number of aryl methyl sites for hydroxylation is 1. The molecule has 1 aromatic heterocycles. The molecule has 4 heteroatoms. The topological polar surface area (TPSA) is 57.4 Å². The molecule has 1 heterocycles. The fourth-order valence-electron chi connectivity index (χ4n) is 1.94. The Morgan fingerprint density at radius 1 is 1.12 bits per heavy atom. The van der Waals surface area contributed by atoms with E-state index in [0.29, 0.717) is 18.0 Å². The van der Waals surface area contributed by atoms with Gasteiger partial charge in [-0.05, 0) is 24.6 Å². The maximum absolute atomic E-state index is 5.75. The van der Waals surface area contributed by atoms with E-state index in [4.69, 9.17) is 15.2 Å². The molecular formula is C13H16N2O2. The van der Waals surface area contributed by atoms with Crippen molar-refractivity contribution < 1.29 is 9.47 Å². The van der Waals surface area contributed by atoms with Gasteiger partial charge in [-0.25, -0.2) is 0 Å². The van der Waals surface area contributed by atoms with Crippen molar-refractivity contribution in [1.29, 1.82) is 0 Å². The minimum Gasteiger partial charge on any atom is -0.493 e. The summed E-state index contributed by atoms with van der Waals surface area (Å²) in [6, 6.07) is 5.79. The predicted octanol–water partition coefficient (Wildman–Crippen LogP) is 2.02. The first kappa shape index (κ1) is 11.7. The van der Waals surface area contributed by atoms with E-state index in [0.717, 1.165) is 22.2 Å². The standard InChI is InChI=1S/C13H16N2O2/c1-8-4-9(7-14)10-5-12(16-2)13(17-3)6-11(10)15-8/h4-6H,7,14H2,1-3H3. The maximum Gasteiger partial charge on any atom is 0.162 e. The summed E-state index contributed by atoms with van der Waals surface area (Å²) in [6.45, 7) is 2.44. The van der Waals surface area contributed by atoms with Crippen molar-refractivity contribution in [2.75, 3.05) is 14.2 Å². The molecule has 2 rings (SSSR count). The average molecular weight is 232 g/mol. The zero-order valence-electron chi connectivity index (χ0n) is 10.3. The molecule has 17 heavy (non-hydrogen) atoms. The van der Waals surface area contributed by atoms with Crippen molar-refractivity contribution in [2.45, 2.75) is 13.5 Å². The third kappa shape index (κ3) is 2.03. The van der Waals surface area contributed by atoms with Crippen molar-refractivity contribution in [3.05, 3.63) is 29.5 Å². The van der Waals surface area contributed by atoms with Crippen LogP contribution in [0, 0.1) is 6.92 Å². The Labute approximate surface area is 100 Å². The lowest BCUT2D eigenvalue weighted by molar-refractivity contribution is 0.355. The van der Waals surface area contributed by atoms with Crippen molar-refractivity contribution in [1.82, 2.24) is 4.98 Å². The predicted molar refractivity (Wildman–Crippen MR) is 67.5 cm³/mol. The third-order valence-corrected chi connectivity index (χ3v) is 2.75. The van der Waals surface area contributed by atoms with Crippen LogP contribution < -0.4 is 15.2 Å². The van der Waals surface area contributed by atoms with Gasteiger partial charge in [-0.1, -0.05) is 0 Å². The van der Waals surface area contributed by atoms with Gasteiger partial charge in [-0.2, -0.15) is 0 Å². The first-order valence-corrected chi connectivity index (χ1v) is 5.42. The minimum atomic E-state index is 0.481. The Hall–Kier alpha value is -1.81. The molecule has 0 fully saturated rings. The monoisotopic (exact) mass is 232 g/mol. The molecule has 0 saturated carbocycles. The average Bonchev–Trinajstić information content (AvgIpc) is 2.35. The van der Waals surface area contributed by atoms with Gasteiger partial charge in [0.25, 0.3) is 0 Å². The second-order valence-corrected chi connectivity index (χ2v) is 3.85. The van der Waals surface area contributed by atoms with Crippen LogP contribution in [0.15, 0.2) is 18.2 Å². The number of fused-ring (bicyclic) bond motifs is 1. The van der Waals surface area contributed by atoms with E-state index in [1.165, 1.54) is 0 Å². The van der Waals surface area contributed by atoms with Gasteiger partial charge < -0.3 is 15.2 Å². The van der Waals surface area contributed by atoms with Crippen LogP contribution in [0.4, 0.5) is 0 Å². The van der Waals surface area contributed by atoms with E-state index in [1.54, 1.807) is 14.2 Å². The first-order valence-electron chi connectivity index (χ1n) is 5.42. The van der Waals surface area contributed by atoms with Gasteiger partial charge in [-0.15, -0.1) is 0 Å². The molecule has 4 nitrogen and oxygen atoms in total. The Kier molecular flexibility index (Phi) is 3.15. The highest BCUT2D eigenvalue weighted by atomic mass is 16.5. The summed E-state index contributed by atoms with van der Waals surface area (Å²) >= 11 is 0. The number of ether oxygens (including phenoxy) is 2. The van der Waals surface area contributed by atoms with E-state index >= 15 is 0 Å². The highest BCUT2D eigenvalue weighted by Crippen LogP contribution is 2.32. The number of methoxy groups -OCH3 is 2. The molecule has 0 atom stereocenters. The second kappa shape index (κ2) is 4.59. The third-order valence-electron chi connectivity index (χ3n) is 2.75. The van der Waals surface area contributed by atoms with Crippen LogP contribution in [0.1, 0.15) is 11.3 Å². The molecule has 0 radical (unpaired) electrons. The van der Waals surface area contributed by atoms with Crippen molar-refractivity contribution in [3.8, 4) is 11.5 Å². The summed E-state index contributed by atoms with van der Waals surface area (Å²) in [5, 5.41) is 1.01. The van der Waals surface area contributed by atoms with Crippen LogP contribution in [0.25, 0.3) is 10.9 Å². The molecule has 0 aliphatic carbocycles. The normalized spacial score (nSPS) is 10.6. The molecule has 2 N–H and O–H groups in total. The van der Waals surface area contributed by atoms with E-state index in [1.807, 2.05) is 25.1 Å². The molecule has 2 aromatic rings. The Balaban J connectivity index is 2.77. The van der Waals surface area contributed by atoms with Crippen LogP contribution in [0.5, 0.6) is 11.5 Å². The lowest BCUT2D eigenvalue weighted by atomic mass is 10.1. The molecule has 0 aliphatic rings. The smallest absolute Gasteiger partial charge is 0.162 e. The zero-order valence-corrected chi connectivity index (χ0v) is 10.3. The summed E-state index contributed by atoms with van der Waals surface area (Å²) in [7, 11) is 3.23. The molecule has 0 unspecified atom stereocenters. The van der Waals surface area contributed by atoms with E-state index < -0.39 is 0 Å². The molecule has 0 spiro atoms. The first-order chi connectivity index (χ1) is 8.19. The molecule has 90 valence electrons. The van der Waals surface area contributed by atoms with Crippen LogP contribution in [-0.2, 0) is 6.54 Å². The maximum atomic E-state index is 5.75. The van der Waals surface area contributed by atoms with E-state index in [9.17, 15) is 0 Å². The molecule has 0 bridgehead atoms. The van der Waals surface area contributed by atoms with E-state index in [2.05, 4.69) is 4.98 Å². The number of benzene rings is 1. The van der Waals surface area contributed by atoms with E-state index in [-0.39, 0.29) is 0 Å². The van der Waals surface area contributed by atoms with Gasteiger partial charge in [0, 0.05) is 23.7 Å². The fraction of sp³-hybridized carbons (Fsp3) is 0.308. The Morgan fingerprint density at radius 3 is 2.35 bits per heavy atom. The molecule has 0 aliphatic heterocycles. The van der Waals surface area contributed by atoms with Gasteiger partial charge in [0.15, 0.2) is 11.5 Å². The highest BCUT2D eigenvalue weighted by molar-refractivity contribution is 5.86. The lowest BCUT2D eigenvalue weighted by Gasteiger charge is -2.11. The number of aromatic nitrogens is 1. The Morgan fingerprint density at radius 2 is 1.76 bits per heavy atom. The lowest BCUT2D eigenvalue weighted by Crippen LogP contribution is -2.00. The molecule has 0 amide bonds. The van der Waals surface area contributed by atoms with Crippen LogP contribution in [0.3, 0.4) is 0 Å². The van der Waals surface area contributed by atoms with Crippen molar-refractivity contribution in [2.24, 2.45) is 5.73 Å². The number of hydrogen-bond acceptors (Lipinski definition) is 4. The summed E-state index contributed by atoms with van der Waals surface area (Å²) in [5.41, 5.74) is 8.64. The van der Waals surface area contributed by atoms with Crippen LogP contribution in [0.2, 0.25) is 0 Å². The number of nitrogens with zero attached hydrogens (tertiary/aromatic N) is 1. The SMILES string of the molecule is COc1cc2nc(C)cc(CN)c2cc1OC. The quantitative estimate of drug-likeness (QED) is 0.879. The number of hydrogen-bond donors (Lipinski definition) is 1. The van der Waals surface area contributed by atoms with Crippen LogP contribution in [-0.4, -0.2) is 19.2 Å². The molecule has 0 saturated heterocycles. The van der Waals surface area contributed by atoms with Gasteiger partial charge in [0.1, 0.15) is 0 Å². The summed E-state index contributed by atoms with van der Waals surface area (Å²) in [5.74, 6) is 1.38. The zero-order chi connectivity index (χ0) is 12.4.